The lowest BCUT2D eigenvalue weighted by molar-refractivity contribution is -0.177. The zero-order valence-electron chi connectivity index (χ0n) is 20.2. The molecule has 36 heavy (non-hydrogen) atoms. The van der Waals surface area contributed by atoms with Crippen molar-refractivity contribution in [1.29, 1.82) is 0 Å². The van der Waals surface area contributed by atoms with Gasteiger partial charge in [0.15, 0.2) is 15.6 Å². The summed E-state index contributed by atoms with van der Waals surface area (Å²) in [6, 6.07) is 5.81. The van der Waals surface area contributed by atoms with E-state index < -0.39 is 44.8 Å². The van der Waals surface area contributed by atoms with E-state index in [0.29, 0.717) is 31.7 Å². The van der Waals surface area contributed by atoms with Gasteiger partial charge in [-0.05, 0) is 75.6 Å². The first-order chi connectivity index (χ1) is 16.6. The minimum atomic E-state index is -4.60. The van der Waals surface area contributed by atoms with E-state index in [1.54, 1.807) is 13.8 Å². The van der Waals surface area contributed by atoms with Crippen molar-refractivity contribution in [2.75, 3.05) is 0 Å². The molecule has 0 aliphatic heterocycles. The standard InChI is InChI=1S/C24H29F5N2O4S/c1-4-23(25,26)35-17-8-6-9-18(13-17)36(33,34)22(2,3)16-11-15(12-16)7-5-10-20(32)19-14-21(31-30-19)24(27,28)29/h6,8-9,13-16H,4-5,7,10-12H2,1-3H3,(H,30,31). The second-order valence-corrected chi connectivity index (χ2v) is 12.2. The lowest BCUT2D eigenvalue weighted by atomic mass is 9.67. The summed E-state index contributed by atoms with van der Waals surface area (Å²) < 4.78 is 95.3. The van der Waals surface area contributed by atoms with Gasteiger partial charge in [-0.25, -0.2) is 8.42 Å². The van der Waals surface area contributed by atoms with Gasteiger partial charge >= 0.3 is 12.3 Å². The third-order valence-corrected chi connectivity index (χ3v) is 9.48. The number of halogens is 5. The predicted octanol–water partition coefficient (Wildman–Crippen LogP) is 6.44. The largest absolute Gasteiger partial charge is 0.433 e. The first-order valence-corrected chi connectivity index (χ1v) is 13.1. The van der Waals surface area contributed by atoms with Crippen LogP contribution in [0, 0.1) is 11.8 Å². The quantitative estimate of drug-likeness (QED) is 0.264. The highest BCUT2D eigenvalue weighted by atomic mass is 32.2. The van der Waals surface area contributed by atoms with Crippen LogP contribution in [0.4, 0.5) is 22.0 Å². The number of carbonyl (C=O) groups excluding carboxylic acids is 1. The van der Waals surface area contributed by atoms with Crippen LogP contribution >= 0.6 is 0 Å². The first-order valence-electron chi connectivity index (χ1n) is 11.6. The van der Waals surface area contributed by atoms with Gasteiger partial charge in [-0.3, -0.25) is 9.89 Å². The predicted molar refractivity (Wildman–Crippen MR) is 122 cm³/mol. The first kappa shape index (κ1) is 28.1. The average molecular weight is 537 g/mol. The Bertz CT molecular complexity index is 1190. The molecule has 0 amide bonds. The molecule has 0 spiro atoms. The molecule has 1 aliphatic carbocycles. The zero-order valence-corrected chi connectivity index (χ0v) is 21.0. The molecule has 1 aromatic heterocycles. The number of aromatic amines is 1. The number of nitrogens with one attached hydrogen (secondary N) is 1. The smallest absolute Gasteiger partial charge is 0.432 e. The van der Waals surface area contributed by atoms with Crippen LogP contribution in [0.2, 0.25) is 0 Å². The number of carbonyl (C=O) groups is 1. The fourth-order valence-electron chi connectivity index (χ4n) is 4.30. The van der Waals surface area contributed by atoms with Crippen LogP contribution < -0.4 is 4.74 Å². The number of H-pyrrole nitrogens is 1. The maximum atomic E-state index is 13.6. The molecule has 2 aromatic rings. The number of ketones is 1. The minimum Gasteiger partial charge on any atom is -0.433 e. The Balaban J connectivity index is 1.54. The van der Waals surface area contributed by atoms with E-state index in [-0.39, 0.29) is 34.6 Å². The highest BCUT2D eigenvalue weighted by Gasteiger charge is 2.48. The minimum absolute atomic E-state index is 0.0419. The van der Waals surface area contributed by atoms with Crippen LogP contribution in [0.15, 0.2) is 35.2 Å². The van der Waals surface area contributed by atoms with Gasteiger partial charge in [0, 0.05) is 12.8 Å². The molecule has 1 aliphatic rings. The van der Waals surface area contributed by atoms with E-state index in [9.17, 15) is 35.2 Å². The second kappa shape index (κ2) is 10.1. The molecule has 1 aromatic carbocycles. The molecule has 1 N–H and O–H groups in total. The van der Waals surface area contributed by atoms with Crippen molar-refractivity contribution in [2.24, 2.45) is 11.8 Å². The Morgan fingerprint density at radius 2 is 1.81 bits per heavy atom. The molecule has 12 heteroatoms. The SMILES string of the molecule is CCC(F)(F)Oc1cccc(S(=O)(=O)C(C)(C)C2CC(CCCC(=O)c3cc(C(F)(F)F)[nH]n3)C2)c1. The molecule has 1 fully saturated rings. The number of hydrogen-bond acceptors (Lipinski definition) is 5. The van der Waals surface area contributed by atoms with Crippen LogP contribution in [0.25, 0.3) is 0 Å². The van der Waals surface area contributed by atoms with E-state index in [1.165, 1.54) is 25.1 Å². The molecular weight excluding hydrogens is 507 g/mol. The Hall–Kier alpha value is -2.50. The van der Waals surface area contributed by atoms with Gasteiger partial charge in [0.05, 0.1) is 9.64 Å². The fourth-order valence-corrected chi connectivity index (χ4v) is 6.07. The van der Waals surface area contributed by atoms with Crippen molar-refractivity contribution in [2.45, 2.75) is 81.2 Å². The zero-order chi connectivity index (χ0) is 26.9. The van der Waals surface area contributed by atoms with Crippen LogP contribution in [-0.4, -0.2) is 35.3 Å². The van der Waals surface area contributed by atoms with E-state index >= 15 is 0 Å². The number of alkyl halides is 5. The number of aromatic nitrogens is 2. The van der Waals surface area contributed by atoms with Gasteiger partial charge in [-0.1, -0.05) is 13.0 Å². The number of nitrogens with zero attached hydrogens (tertiary/aromatic N) is 1. The molecule has 0 saturated heterocycles. The van der Waals surface area contributed by atoms with Crippen molar-refractivity contribution in [3.05, 3.63) is 41.7 Å². The summed E-state index contributed by atoms with van der Waals surface area (Å²) in [5.41, 5.74) is -1.34. The average Bonchev–Trinajstić information content (AvgIpc) is 3.26. The van der Waals surface area contributed by atoms with Gasteiger partial charge in [-0.2, -0.15) is 27.1 Å². The maximum Gasteiger partial charge on any atom is 0.432 e. The van der Waals surface area contributed by atoms with Gasteiger partial charge in [0.25, 0.3) is 0 Å². The summed E-state index contributed by atoms with van der Waals surface area (Å²) >= 11 is 0. The third-order valence-electron chi connectivity index (χ3n) is 6.89. The summed E-state index contributed by atoms with van der Waals surface area (Å²) in [6.07, 6.45) is -6.24. The highest BCUT2D eigenvalue weighted by Crippen LogP contribution is 2.48. The molecule has 1 saturated carbocycles. The molecule has 6 nitrogen and oxygen atoms in total. The van der Waals surface area contributed by atoms with E-state index in [1.807, 2.05) is 5.10 Å². The monoisotopic (exact) mass is 536 g/mol. The number of Topliss-reactive ketones (excluding diaryl/α,β-unsaturated/α-hetero) is 1. The Morgan fingerprint density at radius 1 is 1.14 bits per heavy atom. The van der Waals surface area contributed by atoms with Crippen LogP contribution in [0.3, 0.4) is 0 Å². The van der Waals surface area contributed by atoms with Gasteiger partial charge in [-0.15, -0.1) is 0 Å². The second-order valence-electron chi connectivity index (χ2n) is 9.69. The fraction of sp³-hybridized carbons (Fsp3) is 0.583. The summed E-state index contributed by atoms with van der Waals surface area (Å²) in [6.45, 7) is 4.47. The molecule has 0 bridgehead atoms. The van der Waals surface area contributed by atoms with Crippen molar-refractivity contribution in [3.63, 3.8) is 0 Å². The molecule has 1 heterocycles. The molecule has 0 radical (unpaired) electrons. The lowest BCUT2D eigenvalue weighted by Crippen LogP contribution is -2.46. The Labute approximate surface area is 206 Å². The molecule has 200 valence electrons. The molecule has 3 rings (SSSR count). The Kier molecular flexibility index (Phi) is 7.88. The molecule has 0 atom stereocenters. The van der Waals surface area contributed by atoms with Crippen LogP contribution in [-0.2, 0) is 16.0 Å². The number of hydrogen-bond donors (Lipinski definition) is 1. The van der Waals surface area contributed by atoms with Crippen LogP contribution in [0.1, 0.15) is 75.5 Å². The maximum absolute atomic E-state index is 13.6. The normalized spacial score (nSPS) is 19.1. The highest BCUT2D eigenvalue weighted by molar-refractivity contribution is 7.92. The van der Waals surface area contributed by atoms with Gasteiger partial charge in [0.2, 0.25) is 0 Å². The van der Waals surface area contributed by atoms with Gasteiger partial charge < -0.3 is 4.74 Å². The Morgan fingerprint density at radius 3 is 2.39 bits per heavy atom. The summed E-state index contributed by atoms with van der Waals surface area (Å²) in [5.74, 6) is -0.712. The van der Waals surface area contributed by atoms with E-state index in [2.05, 4.69) is 9.84 Å². The number of rotatable bonds is 11. The number of ether oxygens (including phenoxy) is 1. The molecular formula is C24H29F5N2O4S. The molecule has 0 unspecified atom stereocenters. The van der Waals surface area contributed by atoms with Gasteiger partial charge in [0.1, 0.15) is 17.1 Å². The van der Waals surface area contributed by atoms with Crippen LogP contribution in [0.5, 0.6) is 5.75 Å². The third kappa shape index (κ3) is 6.07. The van der Waals surface area contributed by atoms with Crippen molar-refractivity contribution < 1.29 is 39.9 Å². The summed E-state index contributed by atoms with van der Waals surface area (Å²) in [7, 11) is -3.87. The van der Waals surface area contributed by atoms with Crippen molar-refractivity contribution in [3.8, 4) is 5.75 Å². The van der Waals surface area contributed by atoms with E-state index in [0.717, 1.165) is 6.07 Å². The van der Waals surface area contributed by atoms with E-state index in [4.69, 9.17) is 0 Å². The lowest BCUT2D eigenvalue weighted by Gasteiger charge is -2.45. The number of benzene rings is 1. The summed E-state index contributed by atoms with van der Waals surface area (Å²) in [5, 5.41) is 5.25. The number of sulfone groups is 1. The summed E-state index contributed by atoms with van der Waals surface area (Å²) in [4.78, 5) is 12.0. The topological polar surface area (TPSA) is 89.1 Å². The van der Waals surface area contributed by atoms with Crippen molar-refractivity contribution in [1.82, 2.24) is 10.2 Å². The van der Waals surface area contributed by atoms with Crippen molar-refractivity contribution >= 4 is 15.6 Å².